The lowest BCUT2D eigenvalue weighted by atomic mass is 10.4. The third-order valence-electron chi connectivity index (χ3n) is 2.03. The summed E-state index contributed by atoms with van der Waals surface area (Å²) in [5.74, 6) is -1.12. The number of carbonyl (C=O) groups is 2. The van der Waals surface area contributed by atoms with Gasteiger partial charge >= 0.3 is 5.97 Å². The first-order chi connectivity index (χ1) is 8.65. The average Bonchev–Trinajstić information content (AvgIpc) is 2.80. The zero-order chi connectivity index (χ0) is 13.4. The molecule has 0 spiro atoms. The summed E-state index contributed by atoms with van der Waals surface area (Å²) in [5, 5.41) is 13.1. The standard InChI is InChI=1S/C11H15NO5S/c1-16-5-2-4-12-9(13)7-17-8-3-6-18-10(8)11(14)15/h3,6H,2,4-5,7H2,1H3,(H,12,13)(H,14,15). The van der Waals surface area contributed by atoms with Gasteiger partial charge in [0.2, 0.25) is 0 Å². The number of hydrogen-bond acceptors (Lipinski definition) is 5. The molecular weight excluding hydrogens is 258 g/mol. The van der Waals surface area contributed by atoms with Crippen LogP contribution in [0.2, 0.25) is 0 Å². The van der Waals surface area contributed by atoms with Crippen molar-refractivity contribution in [1.82, 2.24) is 5.32 Å². The smallest absolute Gasteiger partial charge is 0.349 e. The Morgan fingerprint density at radius 1 is 1.50 bits per heavy atom. The largest absolute Gasteiger partial charge is 0.482 e. The third-order valence-corrected chi connectivity index (χ3v) is 2.91. The highest BCUT2D eigenvalue weighted by molar-refractivity contribution is 7.12. The van der Waals surface area contributed by atoms with Gasteiger partial charge < -0.3 is 19.9 Å². The Kier molecular flexibility index (Phi) is 6.16. The molecule has 0 atom stereocenters. The molecule has 0 unspecified atom stereocenters. The van der Waals surface area contributed by atoms with Crippen LogP contribution >= 0.6 is 11.3 Å². The molecule has 0 aliphatic rings. The highest BCUT2D eigenvalue weighted by Gasteiger charge is 2.13. The number of carboxylic acid groups (broad SMARTS) is 1. The quantitative estimate of drug-likeness (QED) is 0.690. The molecule has 0 saturated carbocycles. The van der Waals surface area contributed by atoms with Crippen LogP contribution in [-0.4, -0.2) is 43.9 Å². The van der Waals surface area contributed by atoms with Crippen molar-refractivity contribution < 1.29 is 24.2 Å². The summed E-state index contributed by atoms with van der Waals surface area (Å²) in [6.45, 7) is 0.893. The minimum Gasteiger partial charge on any atom is -0.482 e. The van der Waals surface area contributed by atoms with E-state index >= 15 is 0 Å². The lowest BCUT2D eigenvalue weighted by Crippen LogP contribution is -2.30. The molecule has 0 aliphatic carbocycles. The maximum absolute atomic E-state index is 11.4. The van der Waals surface area contributed by atoms with Crippen molar-refractivity contribution in [2.75, 3.05) is 26.9 Å². The molecule has 1 aromatic heterocycles. The van der Waals surface area contributed by atoms with Crippen LogP contribution in [0.4, 0.5) is 0 Å². The van der Waals surface area contributed by atoms with E-state index in [-0.39, 0.29) is 23.1 Å². The summed E-state index contributed by atoms with van der Waals surface area (Å²) in [6, 6.07) is 1.53. The van der Waals surface area contributed by atoms with Gasteiger partial charge in [0.05, 0.1) is 0 Å². The first-order valence-corrected chi connectivity index (χ1v) is 6.22. The molecule has 1 rings (SSSR count). The second-order valence-electron chi connectivity index (χ2n) is 3.40. The van der Waals surface area contributed by atoms with Crippen LogP contribution in [0.3, 0.4) is 0 Å². The van der Waals surface area contributed by atoms with Crippen molar-refractivity contribution in [2.45, 2.75) is 6.42 Å². The predicted molar refractivity (Wildman–Crippen MR) is 66.3 cm³/mol. The van der Waals surface area contributed by atoms with E-state index in [0.717, 1.165) is 17.8 Å². The molecular formula is C11H15NO5S. The van der Waals surface area contributed by atoms with E-state index in [1.54, 1.807) is 12.5 Å². The normalized spacial score (nSPS) is 10.1. The van der Waals surface area contributed by atoms with E-state index in [4.69, 9.17) is 14.6 Å². The van der Waals surface area contributed by atoms with E-state index in [2.05, 4.69) is 5.32 Å². The fraction of sp³-hybridized carbons (Fsp3) is 0.455. The zero-order valence-corrected chi connectivity index (χ0v) is 10.8. The molecule has 0 saturated heterocycles. The predicted octanol–water partition coefficient (Wildman–Crippen LogP) is 0.978. The van der Waals surface area contributed by atoms with Crippen LogP contribution in [-0.2, 0) is 9.53 Å². The Morgan fingerprint density at radius 3 is 2.94 bits per heavy atom. The third kappa shape index (κ3) is 4.72. The first kappa shape index (κ1) is 14.5. The minimum absolute atomic E-state index is 0.0992. The van der Waals surface area contributed by atoms with Crippen molar-refractivity contribution in [3.63, 3.8) is 0 Å². The number of thiophene rings is 1. The maximum atomic E-state index is 11.4. The average molecular weight is 273 g/mol. The van der Waals surface area contributed by atoms with Crippen molar-refractivity contribution in [3.05, 3.63) is 16.3 Å². The Hall–Kier alpha value is -1.60. The lowest BCUT2D eigenvalue weighted by Gasteiger charge is -2.06. The van der Waals surface area contributed by atoms with Crippen molar-refractivity contribution in [3.8, 4) is 5.75 Å². The summed E-state index contributed by atoms with van der Waals surface area (Å²) >= 11 is 1.06. The lowest BCUT2D eigenvalue weighted by molar-refractivity contribution is -0.123. The van der Waals surface area contributed by atoms with Crippen molar-refractivity contribution in [1.29, 1.82) is 0 Å². The van der Waals surface area contributed by atoms with Crippen LogP contribution in [0.15, 0.2) is 11.4 Å². The summed E-state index contributed by atoms with van der Waals surface area (Å²) < 4.78 is 9.98. The summed E-state index contributed by atoms with van der Waals surface area (Å²) in [7, 11) is 1.59. The van der Waals surface area contributed by atoms with Gasteiger partial charge in [-0.25, -0.2) is 4.79 Å². The topological polar surface area (TPSA) is 84.9 Å². The molecule has 2 N–H and O–H groups in total. The molecule has 0 bridgehead atoms. The summed E-state index contributed by atoms with van der Waals surface area (Å²) in [6.07, 6.45) is 0.723. The van der Waals surface area contributed by atoms with Gasteiger partial charge in [-0.05, 0) is 17.9 Å². The van der Waals surface area contributed by atoms with E-state index in [1.807, 2.05) is 0 Å². The molecule has 0 fully saturated rings. The Labute approximate surface area is 109 Å². The fourth-order valence-corrected chi connectivity index (χ4v) is 1.88. The molecule has 1 heterocycles. The molecule has 1 amide bonds. The second-order valence-corrected chi connectivity index (χ2v) is 4.32. The van der Waals surface area contributed by atoms with Gasteiger partial charge in [0.15, 0.2) is 11.5 Å². The summed E-state index contributed by atoms with van der Waals surface area (Å²) in [5.41, 5.74) is 0. The number of nitrogens with one attached hydrogen (secondary N) is 1. The molecule has 7 heteroatoms. The summed E-state index contributed by atoms with van der Waals surface area (Å²) in [4.78, 5) is 22.2. The van der Waals surface area contributed by atoms with E-state index in [9.17, 15) is 9.59 Å². The second kappa shape index (κ2) is 7.67. The number of aromatic carboxylic acids is 1. The molecule has 1 aromatic rings. The van der Waals surface area contributed by atoms with E-state index < -0.39 is 5.97 Å². The first-order valence-electron chi connectivity index (χ1n) is 5.34. The molecule has 6 nitrogen and oxygen atoms in total. The number of carboxylic acids is 1. The Morgan fingerprint density at radius 2 is 2.28 bits per heavy atom. The van der Waals surface area contributed by atoms with E-state index in [0.29, 0.717) is 13.2 Å². The number of hydrogen-bond donors (Lipinski definition) is 2. The minimum atomic E-state index is -1.06. The van der Waals surface area contributed by atoms with Gasteiger partial charge in [-0.3, -0.25) is 4.79 Å². The van der Waals surface area contributed by atoms with E-state index in [1.165, 1.54) is 6.07 Å². The molecule has 100 valence electrons. The van der Waals surface area contributed by atoms with Gasteiger partial charge in [-0.2, -0.15) is 0 Å². The number of ether oxygens (including phenoxy) is 2. The van der Waals surface area contributed by atoms with Gasteiger partial charge in [0, 0.05) is 20.3 Å². The van der Waals surface area contributed by atoms with Gasteiger partial charge in [-0.15, -0.1) is 11.3 Å². The SMILES string of the molecule is COCCCNC(=O)COc1ccsc1C(=O)O. The molecule has 18 heavy (non-hydrogen) atoms. The van der Waals surface area contributed by atoms with Crippen LogP contribution in [0.1, 0.15) is 16.1 Å². The van der Waals surface area contributed by atoms with Gasteiger partial charge in [0.1, 0.15) is 5.75 Å². The van der Waals surface area contributed by atoms with Crippen molar-refractivity contribution in [2.24, 2.45) is 0 Å². The maximum Gasteiger partial charge on any atom is 0.349 e. The Bertz CT molecular complexity index is 404. The number of methoxy groups -OCH3 is 1. The highest BCUT2D eigenvalue weighted by Crippen LogP contribution is 2.24. The Balaban J connectivity index is 2.29. The van der Waals surface area contributed by atoms with Gasteiger partial charge in [0.25, 0.3) is 5.91 Å². The van der Waals surface area contributed by atoms with Crippen LogP contribution in [0.5, 0.6) is 5.75 Å². The van der Waals surface area contributed by atoms with Crippen LogP contribution in [0, 0.1) is 0 Å². The molecule has 0 aromatic carbocycles. The highest BCUT2D eigenvalue weighted by atomic mass is 32.1. The number of rotatable bonds is 8. The molecule has 0 radical (unpaired) electrons. The zero-order valence-electron chi connectivity index (χ0n) is 9.97. The number of carbonyl (C=O) groups excluding carboxylic acids is 1. The fourth-order valence-electron chi connectivity index (χ4n) is 1.21. The van der Waals surface area contributed by atoms with Crippen LogP contribution in [0.25, 0.3) is 0 Å². The van der Waals surface area contributed by atoms with Crippen molar-refractivity contribution >= 4 is 23.2 Å². The number of amides is 1. The monoisotopic (exact) mass is 273 g/mol. The van der Waals surface area contributed by atoms with Crippen LogP contribution < -0.4 is 10.1 Å². The van der Waals surface area contributed by atoms with Gasteiger partial charge in [-0.1, -0.05) is 0 Å². The molecule has 0 aliphatic heterocycles.